The van der Waals surface area contributed by atoms with Crippen LogP contribution >= 0.6 is 0 Å². The molecular weight excluding hydrogens is 212 g/mol. The molecule has 0 aliphatic heterocycles. The maximum absolute atomic E-state index is 12.0. The highest BCUT2D eigenvalue weighted by atomic mass is 16.2. The van der Waals surface area contributed by atoms with Gasteiger partial charge in [-0.05, 0) is 18.0 Å². The molecule has 2 N–H and O–H groups in total. The summed E-state index contributed by atoms with van der Waals surface area (Å²) < 4.78 is 0. The van der Waals surface area contributed by atoms with Crippen molar-refractivity contribution in [2.24, 2.45) is 11.7 Å². The Labute approximate surface area is 104 Å². The minimum absolute atomic E-state index is 0.156. The summed E-state index contributed by atoms with van der Waals surface area (Å²) in [7, 11) is 1.85. The molecule has 1 amide bonds. The average molecular weight is 234 g/mol. The number of hydrogen-bond donors (Lipinski definition) is 1. The van der Waals surface area contributed by atoms with Crippen LogP contribution in [-0.4, -0.2) is 30.9 Å². The van der Waals surface area contributed by atoms with E-state index in [0.717, 1.165) is 18.5 Å². The summed E-state index contributed by atoms with van der Waals surface area (Å²) in [6, 6.07) is 9.83. The zero-order chi connectivity index (χ0) is 12.7. The van der Waals surface area contributed by atoms with E-state index in [1.807, 2.05) is 37.4 Å². The lowest BCUT2D eigenvalue weighted by Gasteiger charge is -2.22. The number of likely N-dealkylation sites (N-methyl/N-ethyl adjacent to an activating group) is 1. The smallest absolute Gasteiger partial charge is 0.226 e. The molecule has 0 bridgehead atoms. The van der Waals surface area contributed by atoms with Gasteiger partial charge in [0.25, 0.3) is 0 Å². The number of nitrogens with zero attached hydrogens (tertiary/aromatic N) is 1. The first-order valence-corrected chi connectivity index (χ1v) is 6.15. The topological polar surface area (TPSA) is 46.3 Å². The van der Waals surface area contributed by atoms with Crippen molar-refractivity contribution in [1.29, 1.82) is 0 Å². The number of benzene rings is 1. The van der Waals surface area contributed by atoms with Gasteiger partial charge in [-0.2, -0.15) is 0 Å². The van der Waals surface area contributed by atoms with Gasteiger partial charge in [0.05, 0.1) is 6.42 Å². The van der Waals surface area contributed by atoms with Crippen molar-refractivity contribution in [3.63, 3.8) is 0 Å². The van der Waals surface area contributed by atoms with Gasteiger partial charge in [-0.25, -0.2) is 0 Å². The second-order valence-electron chi connectivity index (χ2n) is 4.45. The molecule has 1 unspecified atom stereocenters. The van der Waals surface area contributed by atoms with Crippen LogP contribution in [0.3, 0.4) is 0 Å². The highest BCUT2D eigenvalue weighted by molar-refractivity contribution is 5.78. The van der Waals surface area contributed by atoms with Crippen molar-refractivity contribution >= 4 is 5.91 Å². The van der Waals surface area contributed by atoms with Crippen molar-refractivity contribution in [3.05, 3.63) is 35.9 Å². The molecule has 1 aromatic carbocycles. The van der Waals surface area contributed by atoms with Crippen molar-refractivity contribution in [2.45, 2.75) is 19.8 Å². The fraction of sp³-hybridized carbons (Fsp3) is 0.500. The molecule has 0 aromatic heterocycles. The summed E-state index contributed by atoms with van der Waals surface area (Å²) in [5, 5.41) is 0. The van der Waals surface area contributed by atoms with Crippen LogP contribution in [0.2, 0.25) is 0 Å². The summed E-state index contributed by atoms with van der Waals surface area (Å²) in [5.41, 5.74) is 6.71. The molecule has 0 saturated carbocycles. The molecule has 3 nitrogen and oxygen atoms in total. The van der Waals surface area contributed by atoms with Gasteiger partial charge in [0.15, 0.2) is 0 Å². The Bertz CT molecular complexity index is 333. The van der Waals surface area contributed by atoms with E-state index in [9.17, 15) is 4.79 Å². The molecule has 1 atom stereocenters. The highest BCUT2D eigenvalue weighted by Crippen LogP contribution is 2.06. The molecule has 0 saturated heterocycles. The van der Waals surface area contributed by atoms with Crippen LogP contribution in [0.5, 0.6) is 0 Å². The number of rotatable bonds is 6. The van der Waals surface area contributed by atoms with Crippen LogP contribution in [0.15, 0.2) is 30.3 Å². The highest BCUT2D eigenvalue weighted by Gasteiger charge is 2.13. The lowest BCUT2D eigenvalue weighted by molar-refractivity contribution is -0.129. The van der Waals surface area contributed by atoms with Crippen LogP contribution in [0, 0.1) is 5.92 Å². The Morgan fingerprint density at radius 3 is 2.53 bits per heavy atom. The van der Waals surface area contributed by atoms with Crippen molar-refractivity contribution < 1.29 is 4.79 Å². The predicted octanol–water partition coefficient (Wildman–Crippen LogP) is 1.67. The third-order valence-electron chi connectivity index (χ3n) is 3.07. The first-order valence-electron chi connectivity index (χ1n) is 6.15. The van der Waals surface area contributed by atoms with Crippen LogP contribution < -0.4 is 5.73 Å². The first kappa shape index (κ1) is 13.7. The Morgan fingerprint density at radius 2 is 2.00 bits per heavy atom. The molecule has 1 aromatic rings. The van der Waals surface area contributed by atoms with E-state index in [1.54, 1.807) is 4.90 Å². The third-order valence-corrected chi connectivity index (χ3v) is 3.07. The Balaban J connectivity index is 2.47. The van der Waals surface area contributed by atoms with Crippen molar-refractivity contribution in [1.82, 2.24) is 4.90 Å². The molecule has 3 heteroatoms. The lowest BCUT2D eigenvalue weighted by atomic mass is 10.1. The van der Waals surface area contributed by atoms with E-state index in [2.05, 4.69) is 6.92 Å². The van der Waals surface area contributed by atoms with Gasteiger partial charge in [-0.15, -0.1) is 0 Å². The largest absolute Gasteiger partial charge is 0.345 e. The van der Waals surface area contributed by atoms with Crippen LogP contribution in [0.1, 0.15) is 18.9 Å². The Hall–Kier alpha value is -1.35. The second-order valence-corrected chi connectivity index (χ2v) is 4.45. The quantitative estimate of drug-likeness (QED) is 0.814. The van der Waals surface area contributed by atoms with Gasteiger partial charge < -0.3 is 10.6 Å². The number of carbonyl (C=O) groups excluding carboxylic acids is 1. The SMILES string of the molecule is CCC(CN)CN(C)C(=O)Cc1ccccc1. The normalized spacial score (nSPS) is 12.2. The molecular formula is C14H22N2O. The number of amides is 1. The molecule has 0 radical (unpaired) electrons. The van der Waals surface area contributed by atoms with E-state index in [4.69, 9.17) is 5.73 Å². The molecule has 1 rings (SSSR count). The standard InChI is InChI=1S/C14H22N2O/c1-3-12(10-15)11-16(2)14(17)9-13-7-5-4-6-8-13/h4-8,12H,3,9-11,15H2,1-2H3. The predicted molar refractivity (Wildman–Crippen MR) is 70.6 cm³/mol. The van der Waals surface area contributed by atoms with Crippen LogP contribution in [-0.2, 0) is 11.2 Å². The maximum atomic E-state index is 12.0. The number of nitrogens with two attached hydrogens (primary N) is 1. The van der Waals surface area contributed by atoms with Crippen LogP contribution in [0.4, 0.5) is 0 Å². The Kier molecular flexibility index (Phi) is 5.70. The molecule has 0 aliphatic carbocycles. The van der Waals surface area contributed by atoms with Gasteiger partial charge in [-0.1, -0.05) is 43.7 Å². The summed E-state index contributed by atoms with van der Waals surface area (Å²) >= 11 is 0. The zero-order valence-corrected chi connectivity index (χ0v) is 10.7. The lowest BCUT2D eigenvalue weighted by Crippen LogP contribution is -2.35. The van der Waals surface area contributed by atoms with Crippen molar-refractivity contribution in [2.75, 3.05) is 20.1 Å². The minimum Gasteiger partial charge on any atom is -0.345 e. The average Bonchev–Trinajstić information content (AvgIpc) is 2.36. The molecule has 0 aliphatic rings. The molecule has 17 heavy (non-hydrogen) atoms. The fourth-order valence-corrected chi connectivity index (χ4v) is 1.76. The van der Waals surface area contributed by atoms with Gasteiger partial charge in [0.2, 0.25) is 5.91 Å². The minimum atomic E-state index is 0.156. The van der Waals surface area contributed by atoms with Gasteiger partial charge in [0.1, 0.15) is 0 Å². The number of carbonyl (C=O) groups is 1. The van der Waals surface area contributed by atoms with Gasteiger partial charge in [0, 0.05) is 13.6 Å². The summed E-state index contributed by atoms with van der Waals surface area (Å²) in [6.07, 6.45) is 1.48. The maximum Gasteiger partial charge on any atom is 0.226 e. The second kappa shape index (κ2) is 7.07. The summed E-state index contributed by atoms with van der Waals surface area (Å²) in [5.74, 6) is 0.558. The summed E-state index contributed by atoms with van der Waals surface area (Å²) in [4.78, 5) is 13.8. The molecule has 0 spiro atoms. The summed E-state index contributed by atoms with van der Waals surface area (Å²) in [6.45, 7) is 3.49. The number of hydrogen-bond acceptors (Lipinski definition) is 2. The zero-order valence-electron chi connectivity index (χ0n) is 10.7. The molecule has 0 fully saturated rings. The monoisotopic (exact) mass is 234 g/mol. The van der Waals surface area contributed by atoms with Crippen LogP contribution in [0.25, 0.3) is 0 Å². The van der Waals surface area contributed by atoms with E-state index >= 15 is 0 Å². The molecule has 0 heterocycles. The Morgan fingerprint density at radius 1 is 1.35 bits per heavy atom. The van der Waals surface area contributed by atoms with Gasteiger partial charge >= 0.3 is 0 Å². The van der Waals surface area contributed by atoms with E-state index in [-0.39, 0.29) is 5.91 Å². The van der Waals surface area contributed by atoms with Gasteiger partial charge in [-0.3, -0.25) is 4.79 Å². The van der Waals surface area contributed by atoms with E-state index in [1.165, 1.54) is 0 Å². The van der Waals surface area contributed by atoms with Crippen molar-refractivity contribution in [3.8, 4) is 0 Å². The van der Waals surface area contributed by atoms with E-state index in [0.29, 0.717) is 18.9 Å². The van der Waals surface area contributed by atoms with E-state index < -0.39 is 0 Å². The first-order chi connectivity index (χ1) is 8.17. The molecule has 94 valence electrons. The fourth-order valence-electron chi connectivity index (χ4n) is 1.76. The third kappa shape index (κ3) is 4.57.